The van der Waals surface area contributed by atoms with E-state index in [9.17, 15) is 14.4 Å². The number of nitrogens with one attached hydrogen (secondary N) is 2. The Kier molecular flexibility index (Phi) is 6.22. The number of nitrogens with zero attached hydrogens (tertiary/aromatic N) is 1. The highest BCUT2D eigenvalue weighted by Crippen LogP contribution is 2.31. The zero-order valence-corrected chi connectivity index (χ0v) is 17.2. The van der Waals surface area contributed by atoms with Crippen LogP contribution in [0.2, 0.25) is 0 Å². The number of aromatic nitrogens is 1. The zero-order chi connectivity index (χ0) is 21.1. The Morgan fingerprint density at radius 3 is 2.76 bits per heavy atom. The number of ether oxygens (including phenoxy) is 2. The lowest BCUT2D eigenvalue weighted by atomic mass is 9.93. The van der Waals surface area contributed by atoms with Crippen LogP contribution in [0.4, 0.5) is 5.69 Å². The highest BCUT2D eigenvalue weighted by molar-refractivity contribution is 6.11. The van der Waals surface area contributed by atoms with E-state index < -0.39 is 5.97 Å². The van der Waals surface area contributed by atoms with Crippen molar-refractivity contribution in [2.75, 3.05) is 32.1 Å². The minimum absolute atomic E-state index is 0.00274. The number of piperidine rings is 1. The topological polar surface area (TPSA) is 101 Å². The largest absolute Gasteiger partial charge is 0.497 e. The molecule has 1 fully saturated rings. The Balaban J connectivity index is 1.87. The fraction of sp³-hybridized carbons (Fsp3) is 0.476. The number of aromatic amines is 1. The summed E-state index contributed by atoms with van der Waals surface area (Å²) in [6, 6.07) is 5.31. The molecule has 8 heteroatoms. The molecule has 2 aromatic rings. The summed E-state index contributed by atoms with van der Waals surface area (Å²) in [6.45, 7) is 6.45. The number of hydrogen-bond acceptors (Lipinski definition) is 6. The number of carbonyl (C=O) groups is 3. The fourth-order valence-corrected chi connectivity index (χ4v) is 3.62. The average molecular weight is 401 g/mol. The van der Waals surface area contributed by atoms with Gasteiger partial charge in [0.05, 0.1) is 25.9 Å². The second-order valence-electron chi connectivity index (χ2n) is 7.41. The minimum Gasteiger partial charge on any atom is -0.497 e. The van der Waals surface area contributed by atoms with Gasteiger partial charge in [-0.1, -0.05) is 6.92 Å². The Hall–Kier alpha value is -2.87. The van der Waals surface area contributed by atoms with Gasteiger partial charge in [0, 0.05) is 35.8 Å². The smallest absolute Gasteiger partial charge is 0.356 e. The van der Waals surface area contributed by atoms with Crippen LogP contribution >= 0.6 is 0 Å². The van der Waals surface area contributed by atoms with E-state index >= 15 is 0 Å². The Labute approximate surface area is 169 Å². The Morgan fingerprint density at radius 2 is 2.07 bits per heavy atom. The molecule has 1 aliphatic rings. The molecule has 1 aromatic heterocycles. The second-order valence-corrected chi connectivity index (χ2v) is 7.41. The van der Waals surface area contributed by atoms with Crippen LogP contribution in [0.3, 0.4) is 0 Å². The quantitative estimate of drug-likeness (QED) is 0.722. The summed E-state index contributed by atoms with van der Waals surface area (Å²) in [4.78, 5) is 42.1. The summed E-state index contributed by atoms with van der Waals surface area (Å²) < 4.78 is 10.4. The van der Waals surface area contributed by atoms with Crippen molar-refractivity contribution in [3.05, 3.63) is 23.9 Å². The normalized spacial score (nSPS) is 19.9. The van der Waals surface area contributed by atoms with Crippen LogP contribution < -0.4 is 10.1 Å². The molecular weight excluding hydrogens is 374 g/mol. The lowest BCUT2D eigenvalue weighted by Crippen LogP contribution is -2.48. The van der Waals surface area contributed by atoms with Gasteiger partial charge in [-0.3, -0.25) is 14.5 Å². The summed E-state index contributed by atoms with van der Waals surface area (Å²) in [5, 5.41) is 3.53. The molecule has 0 radical (unpaired) electrons. The van der Waals surface area contributed by atoms with E-state index in [0.717, 1.165) is 0 Å². The lowest BCUT2D eigenvalue weighted by molar-refractivity contribution is -0.129. The van der Waals surface area contributed by atoms with E-state index in [1.54, 1.807) is 32.2 Å². The van der Waals surface area contributed by atoms with Crippen molar-refractivity contribution in [1.82, 2.24) is 9.88 Å². The molecule has 2 unspecified atom stereocenters. The lowest BCUT2D eigenvalue weighted by Gasteiger charge is -2.35. The number of methoxy groups -OCH3 is 1. The van der Waals surface area contributed by atoms with Gasteiger partial charge in [0.1, 0.15) is 17.2 Å². The number of esters is 1. The third-order valence-electron chi connectivity index (χ3n) is 5.27. The number of anilines is 1. The van der Waals surface area contributed by atoms with Gasteiger partial charge < -0.3 is 19.8 Å². The zero-order valence-electron chi connectivity index (χ0n) is 17.2. The SMILES string of the molecule is CCOC(=O)c1[nH]c2ccc(OC)cc2c1NC(=O)CN1CC(C)C(=O)CC1C. The van der Waals surface area contributed by atoms with Crippen molar-refractivity contribution in [3.63, 3.8) is 0 Å². The molecule has 2 heterocycles. The van der Waals surface area contributed by atoms with E-state index in [2.05, 4.69) is 10.3 Å². The molecular formula is C21H27N3O5. The van der Waals surface area contributed by atoms with Gasteiger partial charge in [-0.15, -0.1) is 0 Å². The van der Waals surface area contributed by atoms with Crippen LogP contribution in [-0.4, -0.2) is 60.4 Å². The fourth-order valence-electron chi connectivity index (χ4n) is 3.62. The molecule has 8 nitrogen and oxygen atoms in total. The molecule has 1 amide bonds. The molecule has 156 valence electrons. The maximum Gasteiger partial charge on any atom is 0.356 e. The average Bonchev–Trinajstić information content (AvgIpc) is 3.04. The first-order valence-corrected chi connectivity index (χ1v) is 9.77. The Morgan fingerprint density at radius 1 is 1.31 bits per heavy atom. The van der Waals surface area contributed by atoms with E-state index in [0.29, 0.717) is 35.3 Å². The number of carbonyl (C=O) groups excluding carboxylic acids is 3. The van der Waals surface area contributed by atoms with Gasteiger partial charge in [0.15, 0.2) is 0 Å². The molecule has 1 saturated heterocycles. The van der Waals surface area contributed by atoms with Crippen LogP contribution in [-0.2, 0) is 14.3 Å². The standard InChI is InChI=1S/C21H27N3O5/c1-5-29-21(27)20-19(15-9-14(28-4)6-7-16(15)22-20)23-18(26)11-24-10-12(2)17(25)8-13(24)3/h6-7,9,12-13,22H,5,8,10-11H2,1-4H3,(H,23,26). The van der Waals surface area contributed by atoms with E-state index in [-0.39, 0.29) is 42.5 Å². The van der Waals surface area contributed by atoms with Crippen molar-refractivity contribution >= 4 is 34.3 Å². The number of likely N-dealkylation sites (tertiary alicyclic amines) is 1. The molecule has 2 atom stereocenters. The van der Waals surface area contributed by atoms with Gasteiger partial charge in [-0.05, 0) is 32.0 Å². The van der Waals surface area contributed by atoms with Crippen molar-refractivity contribution < 1.29 is 23.9 Å². The molecule has 1 aromatic carbocycles. The van der Waals surface area contributed by atoms with Gasteiger partial charge in [-0.2, -0.15) is 0 Å². The van der Waals surface area contributed by atoms with Crippen LogP contribution in [0.25, 0.3) is 10.9 Å². The number of benzene rings is 1. The summed E-state index contributed by atoms with van der Waals surface area (Å²) >= 11 is 0. The number of H-pyrrole nitrogens is 1. The number of Topliss-reactive ketones (excluding diaryl/α,β-unsaturated/α-hetero) is 1. The first-order chi connectivity index (χ1) is 13.8. The van der Waals surface area contributed by atoms with E-state index in [4.69, 9.17) is 9.47 Å². The van der Waals surface area contributed by atoms with E-state index in [1.807, 2.05) is 18.7 Å². The van der Waals surface area contributed by atoms with Gasteiger partial charge in [-0.25, -0.2) is 4.79 Å². The van der Waals surface area contributed by atoms with Crippen molar-refractivity contribution in [2.24, 2.45) is 5.92 Å². The molecule has 1 aliphatic heterocycles. The van der Waals surface area contributed by atoms with Crippen molar-refractivity contribution in [3.8, 4) is 5.75 Å². The van der Waals surface area contributed by atoms with Gasteiger partial charge >= 0.3 is 5.97 Å². The van der Waals surface area contributed by atoms with Crippen LogP contribution in [0.5, 0.6) is 5.75 Å². The third-order valence-corrected chi connectivity index (χ3v) is 5.27. The summed E-state index contributed by atoms with van der Waals surface area (Å²) in [6.07, 6.45) is 0.437. The summed E-state index contributed by atoms with van der Waals surface area (Å²) in [7, 11) is 1.55. The maximum atomic E-state index is 12.8. The number of rotatable bonds is 6. The van der Waals surface area contributed by atoms with E-state index in [1.165, 1.54) is 0 Å². The van der Waals surface area contributed by atoms with Crippen LogP contribution in [0.15, 0.2) is 18.2 Å². The first kappa shape index (κ1) is 20.9. The number of ketones is 1. The first-order valence-electron chi connectivity index (χ1n) is 9.77. The van der Waals surface area contributed by atoms with Crippen LogP contribution in [0, 0.1) is 5.92 Å². The molecule has 2 N–H and O–H groups in total. The Bertz CT molecular complexity index is 936. The number of fused-ring (bicyclic) bond motifs is 1. The highest BCUT2D eigenvalue weighted by atomic mass is 16.5. The molecule has 3 rings (SSSR count). The molecule has 0 saturated carbocycles. The maximum absolute atomic E-state index is 12.8. The van der Waals surface area contributed by atoms with Crippen LogP contribution in [0.1, 0.15) is 37.7 Å². The van der Waals surface area contributed by atoms with Crippen molar-refractivity contribution in [2.45, 2.75) is 33.2 Å². The van der Waals surface area contributed by atoms with Crippen molar-refractivity contribution in [1.29, 1.82) is 0 Å². The van der Waals surface area contributed by atoms with Gasteiger partial charge in [0.2, 0.25) is 5.91 Å². The molecule has 0 aliphatic carbocycles. The molecule has 29 heavy (non-hydrogen) atoms. The number of hydrogen-bond donors (Lipinski definition) is 2. The predicted octanol–water partition coefficient (Wildman–Crippen LogP) is 2.59. The minimum atomic E-state index is -0.538. The molecule has 0 spiro atoms. The second kappa shape index (κ2) is 8.65. The molecule has 0 bridgehead atoms. The van der Waals surface area contributed by atoms with Gasteiger partial charge in [0.25, 0.3) is 0 Å². The summed E-state index contributed by atoms with van der Waals surface area (Å²) in [5.74, 6) is -0.0514. The monoisotopic (exact) mass is 401 g/mol. The highest BCUT2D eigenvalue weighted by Gasteiger charge is 2.30. The summed E-state index contributed by atoms with van der Waals surface area (Å²) in [5.41, 5.74) is 1.25. The number of amides is 1. The predicted molar refractivity (Wildman–Crippen MR) is 109 cm³/mol. The third kappa shape index (κ3) is 4.42.